The molecule has 3 nitrogen and oxygen atoms in total. The Bertz CT molecular complexity index is 92.1. The summed E-state index contributed by atoms with van der Waals surface area (Å²) < 4.78 is 0. The first-order valence-corrected chi connectivity index (χ1v) is 4.51. The van der Waals surface area contributed by atoms with Crippen molar-refractivity contribution in [2.24, 2.45) is 0 Å². The average molecular weight is 158 g/mol. The van der Waals surface area contributed by atoms with Crippen molar-refractivity contribution < 1.29 is 4.84 Å². The number of nitrogens with one attached hydrogen (secondary N) is 2. The van der Waals surface area contributed by atoms with Crippen molar-refractivity contribution in [2.75, 3.05) is 19.7 Å². The first-order valence-electron chi connectivity index (χ1n) is 4.51. The normalized spacial score (nSPS) is 25.4. The molecule has 0 aromatic heterocycles. The van der Waals surface area contributed by atoms with E-state index in [0.29, 0.717) is 6.04 Å². The molecule has 0 bridgehead atoms. The van der Waals surface area contributed by atoms with Gasteiger partial charge >= 0.3 is 0 Å². The molecule has 1 aliphatic rings. The zero-order valence-electron chi connectivity index (χ0n) is 7.23. The molecule has 0 aliphatic carbocycles. The maximum absolute atomic E-state index is 5.05. The van der Waals surface area contributed by atoms with E-state index < -0.39 is 0 Å². The van der Waals surface area contributed by atoms with Crippen LogP contribution >= 0.6 is 0 Å². The molecule has 0 aromatic rings. The van der Waals surface area contributed by atoms with Gasteiger partial charge in [0.25, 0.3) is 0 Å². The van der Waals surface area contributed by atoms with Crippen LogP contribution in [0.2, 0.25) is 0 Å². The number of hydrogen-bond donors (Lipinski definition) is 2. The molecule has 1 heterocycles. The third-order valence-corrected chi connectivity index (χ3v) is 1.99. The zero-order chi connectivity index (χ0) is 7.94. The molecule has 0 spiro atoms. The second-order valence-corrected chi connectivity index (χ2v) is 2.93. The lowest BCUT2D eigenvalue weighted by Gasteiger charge is -2.23. The van der Waals surface area contributed by atoms with E-state index in [1.165, 1.54) is 25.8 Å². The van der Waals surface area contributed by atoms with Gasteiger partial charge in [0, 0.05) is 12.6 Å². The molecule has 0 radical (unpaired) electrons. The molecule has 1 fully saturated rings. The molecule has 0 amide bonds. The van der Waals surface area contributed by atoms with Crippen molar-refractivity contribution in [1.82, 2.24) is 10.8 Å². The van der Waals surface area contributed by atoms with E-state index in [2.05, 4.69) is 10.8 Å². The van der Waals surface area contributed by atoms with Gasteiger partial charge in [-0.2, -0.15) is 0 Å². The molecule has 0 aromatic carbocycles. The van der Waals surface area contributed by atoms with Gasteiger partial charge in [0.2, 0.25) is 0 Å². The molecular weight excluding hydrogens is 140 g/mol. The third kappa shape index (κ3) is 3.70. The van der Waals surface area contributed by atoms with Crippen LogP contribution in [0.3, 0.4) is 0 Å². The van der Waals surface area contributed by atoms with Gasteiger partial charge in [0.05, 0.1) is 6.61 Å². The summed E-state index contributed by atoms with van der Waals surface area (Å²) in [6, 6.07) is 0.621. The van der Waals surface area contributed by atoms with Crippen LogP contribution in [-0.4, -0.2) is 25.7 Å². The highest BCUT2D eigenvalue weighted by atomic mass is 16.6. The lowest BCUT2D eigenvalue weighted by atomic mass is 10.1. The second kappa shape index (κ2) is 5.52. The second-order valence-electron chi connectivity index (χ2n) is 2.93. The maximum Gasteiger partial charge on any atom is 0.0653 e. The van der Waals surface area contributed by atoms with E-state index in [9.17, 15) is 0 Å². The van der Waals surface area contributed by atoms with Gasteiger partial charge in [-0.1, -0.05) is 6.42 Å². The first kappa shape index (κ1) is 8.97. The summed E-state index contributed by atoms with van der Waals surface area (Å²) in [5.74, 6) is 0. The molecule has 11 heavy (non-hydrogen) atoms. The molecule has 1 unspecified atom stereocenters. The van der Waals surface area contributed by atoms with Gasteiger partial charge < -0.3 is 10.2 Å². The number of rotatable bonds is 4. The van der Waals surface area contributed by atoms with Crippen LogP contribution in [-0.2, 0) is 4.84 Å². The summed E-state index contributed by atoms with van der Waals surface area (Å²) in [6.45, 7) is 4.83. The van der Waals surface area contributed by atoms with Crippen LogP contribution in [0.4, 0.5) is 0 Å². The van der Waals surface area contributed by atoms with Crippen molar-refractivity contribution >= 4 is 0 Å². The first-order chi connectivity index (χ1) is 5.43. The SMILES string of the molecule is CCONCC1CCCCN1. The topological polar surface area (TPSA) is 33.3 Å². The van der Waals surface area contributed by atoms with Gasteiger partial charge in [-0.3, -0.25) is 0 Å². The van der Waals surface area contributed by atoms with Crippen molar-refractivity contribution in [3.63, 3.8) is 0 Å². The summed E-state index contributed by atoms with van der Waals surface area (Å²) in [5.41, 5.74) is 2.94. The smallest absolute Gasteiger partial charge is 0.0653 e. The van der Waals surface area contributed by atoms with Crippen molar-refractivity contribution in [3.8, 4) is 0 Å². The fourth-order valence-electron chi connectivity index (χ4n) is 1.36. The maximum atomic E-state index is 5.05. The Morgan fingerprint density at radius 3 is 3.09 bits per heavy atom. The Labute approximate surface area is 68.5 Å². The van der Waals surface area contributed by atoms with Crippen LogP contribution in [0.15, 0.2) is 0 Å². The number of hydrogen-bond acceptors (Lipinski definition) is 3. The average Bonchev–Trinajstić information content (AvgIpc) is 2.07. The minimum atomic E-state index is 0.621. The Balaban J connectivity index is 1.96. The van der Waals surface area contributed by atoms with Crippen LogP contribution in [0.1, 0.15) is 26.2 Å². The van der Waals surface area contributed by atoms with Crippen LogP contribution in [0.5, 0.6) is 0 Å². The van der Waals surface area contributed by atoms with E-state index in [0.717, 1.165) is 13.2 Å². The van der Waals surface area contributed by atoms with E-state index in [4.69, 9.17) is 4.84 Å². The molecular formula is C8H18N2O. The molecule has 1 saturated heterocycles. The number of piperidine rings is 1. The number of hydroxylamine groups is 1. The Kier molecular flexibility index (Phi) is 4.50. The Morgan fingerprint density at radius 1 is 1.55 bits per heavy atom. The van der Waals surface area contributed by atoms with Gasteiger partial charge in [-0.25, -0.2) is 5.48 Å². The molecule has 2 N–H and O–H groups in total. The van der Waals surface area contributed by atoms with Crippen molar-refractivity contribution in [3.05, 3.63) is 0 Å². The fourth-order valence-corrected chi connectivity index (χ4v) is 1.36. The predicted molar refractivity (Wildman–Crippen MR) is 45.3 cm³/mol. The summed E-state index contributed by atoms with van der Waals surface area (Å²) >= 11 is 0. The van der Waals surface area contributed by atoms with E-state index in [1.807, 2.05) is 6.92 Å². The zero-order valence-corrected chi connectivity index (χ0v) is 7.23. The van der Waals surface area contributed by atoms with Gasteiger partial charge in [-0.15, -0.1) is 0 Å². The van der Waals surface area contributed by atoms with Crippen LogP contribution in [0.25, 0.3) is 0 Å². The van der Waals surface area contributed by atoms with E-state index in [-0.39, 0.29) is 0 Å². The van der Waals surface area contributed by atoms with Gasteiger partial charge in [0.1, 0.15) is 0 Å². The summed E-state index contributed by atoms with van der Waals surface area (Å²) in [6.07, 6.45) is 3.96. The minimum Gasteiger partial charge on any atom is -0.313 e. The lowest BCUT2D eigenvalue weighted by Crippen LogP contribution is -2.41. The summed E-state index contributed by atoms with van der Waals surface area (Å²) in [7, 11) is 0. The van der Waals surface area contributed by atoms with E-state index in [1.54, 1.807) is 0 Å². The standard InChI is InChI=1S/C8H18N2O/c1-2-11-10-7-8-5-3-4-6-9-8/h8-10H,2-7H2,1H3. The Morgan fingerprint density at radius 2 is 2.45 bits per heavy atom. The quantitative estimate of drug-likeness (QED) is 0.466. The van der Waals surface area contributed by atoms with Crippen LogP contribution in [0, 0.1) is 0 Å². The van der Waals surface area contributed by atoms with Crippen LogP contribution < -0.4 is 10.8 Å². The van der Waals surface area contributed by atoms with Gasteiger partial charge in [-0.05, 0) is 26.3 Å². The summed E-state index contributed by atoms with van der Waals surface area (Å²) in [5, 5.41) is 3.44. The minimum absolute atomic E-state index is 0.621. The monoisotopic (exact) mass is 158 g/mol. The molecule has 1 aliphatic heterocycles. The highest BCUT2D eigenvalue weighted by Crippen LogP contribution is 2.05. The Hall–Kier alpha value is -0.120. The molecule has 66 valence electrons. The van der Waals surface area contributed by atoms with Crippen molar-refractivity contribution in [2.45, 2.75) is 32.2 Å². The third-order valence-electron chi connectivity index (χ3n) is 1.99. The predicted octanol–water partition coefficient (Wildman–Crippen LogP) is 0.670. The molecule has 3 heteroatoms. The molecule has 1 rings (SSSR count). The highest BCUT2D eigenvalue weighted by molar-refractivity contribution is 4.72. The molecule has 0 saturated carbocycles. The largest absolute Gasteiger partial charge is 0.313 e. The highest BCUT2D eigenvalue weighted by Gasteiger charge is 2.10. The summed E-state index contributed by atoms with van der Waals surface area (Å²) in [4.78, 5) is 5.05. The lowest BCUT2D eigenvalue weighted by molar-refractivity contribution is 0.0433. The van der Waals surface area contributed by atoms with Crippen molar-refractivity contribution in [1.29, 1.82) is 0 Å². The molecule has 1 atom stereocenters. The van der Waals surface area contributed by atoms with Gasteiger partial charge in [0.15, 0.2) is 0 Å². The fraction of sp³-hybridized carbons (Fsp3) is 1.00. The van der Waals surface area contributed by atoms with E-state index >= 15 is 0 Å².